The molecule has 0 bridgehead atoms. The molecule has 0 fully saturated rings. The van der Waals surface area contributed by atoms with E-state index in [0.717, 1.165) is 17.0 Å². The highest BCUT2D eigenvalue weighted by Gasteiger charge is 2.07. The fourth-order valence-electron chi connectivity index (χ4n) is 2.27. The molecule has 1 N–H and O–H groups in total. The van der Waals surface area contributed by atoms with Crippen molar-refractivity contribution in [3.05, 3.63) is 89.7 Å². The quantitative estimate of drug-likeness (QED) is 0.770. The number of para-hydroxylation sites is 1. The van der Waals surface area contributed by atoms with Gasteiger partial charge in [0.05, 0.1) is 12.2 Å². The summed E-state index contributed by atoms with van der Waals surface area (Å²) in [4.78, 5) is 16.5. The number of aromatic nitrogens is 1. The summed E-state index contributed by atoms with van der Waals surface area (Å²) < 4.78 is 5.72. The van der Waals surface area contributed by atoms with Gasteiger partial charge < -0.3 is 10.1 Å². The molecule has 1 amide bonds. The third-order valence-electron chi connectivity index (χ3n) is 3.63. The number of benzene rings is 2. The van der Waals surface area contributed by atoms with Gasteiger partial charge in [0.15, 0.2) is 0 Å². The normalized spacial score (nSPS) is 10.2. The molecular formula is C20H18N2O2. The Kier molecular flexibility index (Phi) is 4.87. The Balaban J connectivity index is 1.61. The first kappa shape index (κ1) is 15.7. The molecule has 3 aromatic rings. The van der Waals surface area contributed by atoms with Crippen LogP contribution in [0.4, 0.5) is 0 Å². The van der Waals surface area contributed by atoms with Crippen LogP contribution in [0, 0.1) is 6.92 Å². The summed E-state index contributed by atoms with van der Waals surface area (Å²) in [7, 11) is 0. The van der Waals surface area contributed by atoms with Crippen LogP contribution in [-0.2, 0) is 6.54 Å². The van der Waals surface area contributed by atoms with E-state index in [-0.39, 0.29) is 5.91 Å². The predicted octanol–water partition coefficient (Wildman–Crippen LogP) is 4.11. The van der Waals surface area contributed by atoms with Crippen molar-refractivity contribution in [2.75, 3.05) is 0 Å². The van der Waals surface area contributed by atoms with Gasteiger partial charge >= 0.3 is 0 Å². The molecule has 0 aliphatic rings. The number of hydrogen-bond donors (Lipinski definition) is 1. The zero-order chi connectivity index (χ0) is 16.8. The van der Waals surface area contributed by atoms with Crippen molar-refractivity contribution in [3.8, 4) is 11.5 Å². The number of carbonyl (C=O) groups excluding carboxylic acids is 1. The molecule has 0 radical (unpaired) electrons. The van der Waals surface area contributed by atoms with E-state index in [1.807, 2.05) is 49.4 Å². The van der Waals surface area contributed by atoms with E-state index in [0.29, 0.717) is 17.9 Å². The number of amides is 1. The molecule has 3 rings (SSSR count). The first-order valence-corrected chi connectivity index (χ1v) is 7.74. The molecule has 0 unspecified atom stereocenters. The molecule has 0 aliphatic heterocycles. The summed E-state index contributed by atoms with van der Waals surface area (Å²) in [6.45, 7) is 2.39. The van der Waals surface area contributed by atoms with Gasteiger partial charge in [-0.25, -0.2) is 0 Å². The lowest BCUT2D eigenvalue weighted by Crippen LogP contribution is -2.23. The highest BCUT2D eigenvalue weighted by atomic mass is 16.5. The highest BCUT2D eigenvalue weighted by Crippen LogP contribution is 2.21. The van der Waals surface area contributed by atoms with E-state index in [1.165, 1.54) is 0 Å². The molecule has 24 heavy (non-hydrogen) atoms. The summed E-state index contributed by atoms with van der Waals surface area (Å²) in [6.07, 6.45) is 1.73. The topological polar surface area (TPSA) is 51.2 Å². The Hall–Kier alpha value is -3.14. The molecule has 1 heterocycles. The number of rotatable bonds is 5. The number of nitrogens with one attached hydrogen (secondary N) is 1. The minimum absolute atomic E-state index is 0.133. The van der Waals surface area contributed by atoms with Gasteiger partial charge in [-0.15, -0.1) is 0 Å². The maximum Gasteiger partial charge on any atom is 0.251 e. The standard InChI is InChI=1S/C20H18N2O2/c1-15-6-5-13-21-19(15)14-22-20(23)16-9-11-18(12-10-16)24-17-7-3-2-4-8-17/h2-13H,14H2,1H3,(H,22,23). The van der Waals surface area contributed by atoms with Gasteiger partial charge in [-0.3, -0.25) is 9.78 Å². The molecule has 1 aromatic heterocycles. The van der Waals surface area contributed by atoms with Crippen LogP contribution in [0.15, 0.2) is 72.9 Å². The van der Waals surface area contributed by atoms with Gasteiger partial charge in [0, 0.05) is 11.8 Å². The SMILES string of the molecule is Cc1cccnc1CNC(=O)c1ccc(Oc2ccccc2)cc1. The van der Waals surface area contributed by atoms with E-state index in [4.69, 9.17) is 4.74 Å². The molecule has 4 nitrogen and oxygen atoms in total. The zero-order valence-electron chi connectivity index (χ0n) is 13.4. The average Bonchev–Trinajstić information content (AvgIpc) is 2.62. The Morgan fingerprint density at radius 1 is 0.958 bits per heavy atom. The van der Waals surface area contributed by atoms with Gasteiger partial charge in [-0.05, 0) is 55.0 Å². The number of carbonyl (C=O) groups is 1. The Labute approximate surface area is 141 Å². The number of ether oxygens (including phenoxy) is 1. The summed E-state index contributed by atoms with van der Waals surface area (Å²) in [5.74, 6) is 1.32. The second kappa shape index (κ2) is 7.42. The van der Waals surface area contributed by atoms with Crippen molar-refractivity contribution in [1.29, 1.82) is 0 Å². The molecule has 2 aromatic carbocycles. The monoisotopic (exact) mass is 318 g/mol. The third kappa shape index (κ3) is 3.98. The highest BCUT2D eigenvalue weighted by molar-refractivity contribution is 5.94. The first-order valence-electron chi connectivity index (χ1n) is 7.74. The summed E-state index contributed by atoms with van der Waals surface area (Å²) >= 11 is 0. The summed E-state index contributed by atoms with van der Waals surface area (Å²) in [6, 6.07) is 20.5. The van der Waals surface area contributed by atoms with Gasteiger partial charge in [0.2, 0.25) is 0 Å². The largest absolute Gasteiger partial charge is 0.457 e. The lowest BCUT2D eigenvalue weighted by atomic mass is 10.2. The van der Waals surface area contributed by atoms with Crippen LogP contribution in [0.25, 0.3) is 0 Å². The third-order valence-corrected chi connectivity index (χ3v) is 3.63. The van der Waals surface area contributed by atoms with Gasteiger partial charge in [-0.1, -0.05) is 24.3 Å². The smallest absolute Gasteiger partial charge is 0.251 e. The predicted molar refractivity (Wildman–Crippen MR) is 93.1 cm³/mol. The van der Waals surface area contributed by atoms with Crippen LogP contribution >= 0.6 is 0 Å². The molecule has 120 valence electrons. The van der Waals surface area contributed by atoms with Crippen LogP contribution in [-0.4, -0.2) is 10.9 Å². The second-order valence-electron chi connectivity index (χ2n) is 5.39. The van der Waals surface area contributed by atoms with Crippen LogP contribution in [0.1, 0.15) is 21.6 Å². The molecule has 0 spiro atoms. The fourth-order valence-corrected chi connectivity index (χ4v) is 2.27. The lowest BCUT2D eigenvalue weighted by molar-refractivity contribution is 0.0950. The van der Waals surface area contributed by atoms with Crippen LogP contribution in [0.5, 0.6) is 11.5 Å². The minimum atomic E-state index is -0.133. The number of aryl methyl sites for hydroxylation is 1. The molecule has 0 saturated carbocycles. The number of pyridine rings is 1. The van der Waals surface area contributed by atoms with Crippen molar-refractivity contribution in [1.82, 2.24) is 10.3 Å². The second-order valence-corrected chi connectivity index (χ2v) is 5.39. The zero-order valence-corrected chi connectivity index (χ0v) is 13.4. The molecule has 0 saturated heterocycles. The van der Waals surface area contributed by atoms with Crippen molar-refractivity contribution < 1.29 is 9.53 Å². The van der Waals surface area contributed by atoms with Gasteiger partial charge in [-0.2, -0.15) is 0 Å². The summed E-state index contributed by atoms with van der Waals surface area (Å²) in [5, 5.41) is 2.88. The maximum absolute atomic E-state index is 12.2. The van der Waals surface area contributed by atoms with Crippen molar-refractivity contribution in [2.45, 2.75) is 13.5 Å². The molecule has 0 atom stereocenters. The van der Waals surface area contributed by atoms with E-state index < -0.39 is 0 Å². The fraction of sp³-hybridized carbons (Fsp3) is 0.100. The lowest BCUT2D eigenvalue weighted by Gasteiger charge is -2.08. The Morgan fingerprint density at radius 3 is 2.38 bits per heavy atom. The average molecular weight is 318 g/mol. The van der Waals surface area contributed by atoms with E-state index in [1.54, 1.807) is 30.5 Å². The molecular weight excluding hydrogens is 300 g/mol. The van der Waals surface area contributed by atoms with Crippen molar-refractivity contribution in [3.63, 3.8) is 0 Å². The number of nitrogens with zero attached hydrogens (tertiary/aromatic N) is 1. The van der Waals surface area contributed by atoms with Gasteiger partial charge in [0.25, 0.3) is 5.91 Å². The van der Waals surface area contributed by atoms with E-state index in [9.17, 15) is 4.79 Å². The van der Waals surface area contributed by atoms with E-state index in [2.05, 4.69) is 10.3 Å². The number of hydrogen-bond acceptors (Lipinski definition) is 3. The minimum Gasteiger partial charge on any atom is -0.457 e. The van der Waals surface area contributed by atoms with E-state index >= 15 is 0 Å². The van der Waals surface area contributed by atoms with Crippen molar-refractivity contribution >= 4 is 5.91 Å². The maximum atomic E-state index is 12.2. The molecule has 4 heteroatoms. The van der Waals surface area contributed by atoms with Crippen LogP contribution in [0.3, 0.4) is 0 Å². The Morgan fingerprint density at radius 2 is 1.67 bits per heavy atom. The van der Waals surface area contributed by atoms with Crippen LogP contribution < -0.4 is 10.1 Å². The van der Waals surface area contributed by atoms with Gasteiger partial charge in [0.1, 0.15) is 11.5 Å². The molecule has 0 aliphatic carbocycles. The first-order chi connectivity index (χ1) is 11.7. The van der Waals surface area contributed by atoms with Crippen molar-refractivity contribution in [2.24, 2.45) is 0 Å². The summed E-state index contributed by atoms with van der Waals surface area (Å²) in [5.41, 5.74) is 2.52. The Bertz CT molecular complexity index is 815. The van der Waals surface area contributed by atoms with Crippen LogP contribution in [0.2, 0.25) is 0 Å².